The van der Waals surface area contributed by atoms with Gasteiger partial charge in [0.05, 0.1) is 0 Å². The third kappa shape index (κ3) is 5.27. The van der Waals surface area contributed by atoms with Gasteiger partial charge in [0.15, 0.2) is 0 Å². The van der Waals surface area contributed by atoms with Crippen LogP contribution in [0.2, 0.25) is 0 Å². The maximum Gasteiger partial charge on any atom is 0.123 e. The van der Waals surface area contributed by atoms with Crippen LogP contribution in [0.15, 0.2) is 30.3 Å². The van der Waals surface area contributed by atoms with E-state index in [9.17, 15) is 5.11 Å². The lowest BCUT2D eigenvalue weighted by Gasteiger charge is -2.35. The Labute approximate surface area is 167 Å². The molecule has 0 amide bonds. The number of phenolic OH excluding ortho intramolecular Hbond substituents is 1. The Morgan fingerprint density at radius 3 is 1.67 bits per heavy atom. The minimum atomic E-state index is 0.0387. The van der Waals surface area contributed by atoms with E-state index < -0.39 is 0 Å². The van der Waals surface area contributed by atoms with E-state index in [4.69, 9.17) is 0 Å². The van der Waals surface area contributed by atoms with Crippen LogP contribution in [0.4, 0.5) is 0 Å². The maximum atomic E-state index is 10.5. The summed E-state index contributed by atoms with van der Waals surface area (Å²) < 4.78 is 0. The molecule has 0 aliphatic heterocycles. The molecular weight excluding hydrogens is 328 g/mol. The van der Waals surface area contributed by atoms with Crippen molar-refractivity contribution < 1.29 is 5.11 Å². The molecule has 2 rings (SSSR count). The molecule has 0 unspecified atom stereocenters. The first-order valence-electron chi connectivity index (χ1n) is 10.3. The summed E-state index contributed by atoms with van der Waals surface area (Å²) in [5, 5.41) is 12.6. The van der Waals surface area contributed by atoms with Crippen LogP contribution < -0.4 is 0 Å². The average molecular weight is 369 g/mol. The van der Waals surface area contributed by atoms with E-state index in [1.54, 1.807) is 0 Å². The number of hydrogen-bond donors (Lipinski definition) is 1. The molecule has 0 aliphatic carbocycles. The van der Waals surface area contributed by atoms with Gasteiger partial charge >= 0.3 is 0 Å². The molecule has 0 aromatic heterocycles. The molecule has 2 aromatic carbocycles. The van der Waals surface area contributed by atoms with Crippen LogP contribution in [-0.2, 0) is 10.8 Å². The zero-order valence-electron chi connectivity index (χ0n) is 19.2. The zero-order valence-corrected chi connectivity index (χ0v) is 19.2. The van der Waals surface area contributed by atoms with Gasteiger partial charge in [0.25, 0.3) is 0 Å². The molecule has 0 bridgehead atoms. The summed E-state index contributed by atoms with van der Waals surface area (Å²) in [6.07, 6.45) is 2.21. The molecule has 0 spiro atoms. The van der Waals surface area contributed by atoms with Gasteiger partial charge in [0.1, 0.15) is 5.75 Å². The van der Waals surface area contributed by atoms with Gasteiger partial charge < -0.3 is 5.11 Å². The van der Waals surface area contributed by atoms with Crippen molar-refractivity contribution in [3.05, 3.63) is 41.5 Å². The van der Waals surface area contributed by atoms with Gasteiger partial charge in [0, 0.05) is 5.39 Å². The monoisotopic (exact) mass is 368 g/mol. The van der Waals surface area contributed by atoms with Crippen molar-refractivity contribution in [2.45, 2.75) is 92.9 Å². The Kier molecular flexibility index (Phi) is 5.52. The molecule has 0 atom stereocenters. The summed E-state index contributed by atoms with van der Waals surface area (Å²) in [6.45, 7) is 23.1. The molecule has 1 nitrogen and oxygen atoms in total. The zero-order chi connectivity index (χ0) is 20.8. The van der Waals surface area contributed by atoms with Gasteiger partial charge in [0.2, 0.25) is 0 Å². The molecule has 0 aliphatic rings. The van der Waals surface area contributed by atoms with Crippen LogP contribution in [0.3, 0.4) is 0 Å². The molecule has 0 saturated heterocycles. The first kappa shape index (κ1) is 21.8. The van der Waals surface area contributed by atoms with E-state index in [0.29, 0.717) is 5.75 Å². The molecule has 1 N–H and O–H groups in total. The number of benzene rings is 2. The van der Waals surface area contributed by atoms with Crippen LogP contribution in [0, 0.1) is 10.8 Å². The standard InChI is InChI=1S/C26H40O/c1-23(2,3)16-25(7,8)18-11-12-19-20(15-18)21(13-14-22(19)27)26(9,10)17-24(4,5)6/h11-15,27H,16-17H2,1-10H3. The highest BCUT2D eigenvalue weighted by Gasteiger charge is 2.31. The summed E-state index contributed by atoms with van der Waals surface area (Å²) in [4.78, 5) is 0. The highest BCUT2D eigenvalue weighted by atomic mass is 16.3. The van der Waals surface area contributed by atoms with Crippen molar-refractivity contribution in [2.75, 3.05) is 0 Å². The molecule has 150 valence electrons. The highest BCUT2D eigenvalue weighted by Crippen LogP contribution is 2.43. The Morgan fingerprint density at radius 1 is 0.630 bits per heavy atom. The van der Waals surface area contributed by atoms with E-state index in [0.717, 1.165) is 18.2 Å². The van der Waals surface area contributed by atoms with Gasteiger partial charge in [-0.2, -0.15) is 0 Å². The van der Waals surface area contributed by atoms with Gasteiger partial charge in [-0.1, -0.05) is 93.5 Å². The number of aromatic hydroxyl groups is 1. The van der Waals surface area contributed by atoms with Crippen LogP contribution in [-0.4, -0.2) is 5.11 Å². The maximum absolute atomic E-state index is 10.5. The van der Waals surface area contributed by atoms with Crippen molar-refractivity contribution in [3.63, 3.8) is 0 Å². The van der Waals surface area contributed by atoms with Crippen LogP contribution in [0.5, 0.6) is 5.75 Å². The third-order valence-corrected chi connectivity index (χ3v) is 5.45. The van der Waals surface area contributed by atoms with Crippen LogP contribution in [0.25, 0.3) is 10.8 Å². The summed E-state index contributed by atoms with van der Waals surface area (Å²) >= 11 is 0. The quantitative estimate of drug-likeness (QED) is 0.580. The fourth-order valence-electron chi connectivity index (χ4n) is 5.19. The lowest BCUT2D eigenvalue weighted by atomic mass is 9.69. The van der Waals surface area contributed by atoms with Crippen molar-refractivity contribution >= 4 is 10.8 Å². The summed E-state index contributed by atoms with van der Waals surface area (Å²) in [7, 11) is 0. The van der Waals surface area contributed by atoms with E-state index in [-0.39, 0.29) is 21.7 Å². The Bertz CT molecular complexity index is 810. The van der Waals surface area contributed by atoms with Crippen molar-refractivity contribution in [1.82, 2.24) is 0 Å². The minimum Gasteiger partial charge on any atom is -0.507 e. The first-order valence-corrected chi connectivity index (χ1v) is 10.3. The van der Waals surface area contributed by atoms with Crippen molar-refractivity contribution in [3.8, 4) is 5.75 Å². The molecular formula is C26H40O. The summed E-state index contributed by atoms with van der Waals surface area (Å²) in [6, 6.07) is 10.6. The Hall–Kier alpha value is -1.50. The first-order chi connectivity index (χ1) is 12.0. The smallest absolute Gasteiger partial charge is 0.123 e. The summed E-state index contributed by atoms with van der Waals surface area (Å²) in [5.74, 6) is 0.375. The predicted octanol–water partition coefficient (Wildman–Crippen LogP) is 7.97. The third-order valence-electron chi connectivity index (χ3n) is 5.45. The number of fused-ring (bicyclic) bond motifs is 1. The SMILES string of the molecule is CC(C)(C)CC(C)(C)c1ccc2c(O)ccc(C(C)(C)CC(C)(C)C)c2c1. The Balaban J connectivity index is 2.66. The average Bonchev–Trinajstić information content (AvgIpc) is 2.41. The second-order valence-corrected chi connectivity index (χ2v) is 12.1. The fourth-order valence-corrected chi connectivity index (χ4v) is 5.19. The van der Waals surface area contributed by atoms with Crippen LogP contribution in [0.1, 0.15) is 93.2 Å². The largest absolute Gasteiger partial charge is 0.507 e. The molecule has 0 radical (unpaired) electrons. The molecule has 27 heavy (non-hydrogen) atoms. The van der Waals surface area contributed by atoms with Gasteiger partial charge in [-0.15, -0.1) is 0 Å². The van der Waals surface area contributed by atoms with Crippen LogP contribution >= 0.6 is 0 Å². The number of rotatable bonds is 4. The van der Waals surface area contributed by atoms with Gasteiger partial charge in [-0.25, -0.2) is 0 Å². The van der Waals surface area contributed by atoms with E-state index in [1.165, 1.54) is 16.5 Å². The second-order valence-electron chi connectivity index (χ2n) is 12.1. The molecule has 0 heterocycles. The normalized spacial score (nSPS) is 14.0. The molecule has 1 heteroatoms. The van der Waals surface area contributed by atoms with Crippen molar-refractivity contribution in [2.24, 2.45) is 10.8 Å². The van der Waals surface area contributed by atoms with Gasteiger partial charge in [-0.05, 0) is 57.1 Å². The fraction of sp³-hybridized carbons (Fsp3) is 0.615. The minimum absolute atomic E-state index is 0.0387. The molecule has 2 aromatic rings. The Morgan fingerprint density at radius 2 is 1.15 bits per heavy atom. The van der Waals surface area contributed by atoms with E-state index in [2.05, 4.69) is 93.5 Å². The van der Waals surface area contributed by atoms with E-state index in [1.807, 2.05) is 6.07 Å². The second kappa shape index (κ2) is 6.83. The van der Waals surface area contributed by atoms with Crippen molar-refractivity contribution in [1.29, 1.82) is 0 Å². The van der Waals surface area contributed by atoms with E-state index >= 15 is 0 Å². The lowest BCUT2D eigenvalue weighted by molar-refractivity contribution is 0.283. The topological polar surface area (TPSA) is 20.2 Å². The summed E-state index contributed by atoms with van der Waals surface area (Å²) in [5.41, 5.74) is 3.32. The molecule has 0 fully saturated rings. The number of phenols is 1. The predicted molar refractivity (Wildman–Crippen MR) is 120 cm³/mol. The lowest BCUT2D eigenvalue weighted by Crippen LogP contribution is -2.26. The molecule has 0 saturated carbocycles. The number of hydrogen-bond acceptors (Lipinski definition) is 1. The van der Waals surface area contributed by atoms with Gasteiger partial charge in [-0.3, -0.25) is 0 Å². The highest BCUT2D eigenvalue weighted by molar-refractivity contribution is 5.92.